The molecule has 0 aromatic heterocycles. The van der Waals surface area contributed by atoms with Crippen molar-refractivity contribution < 1.29 is 13.2 Å². The second kappa shape index (κ2) is 6.21. The normalized spacial score (nSPS) is 25.6. The van der Waals surface area contributed by atoms with Crippen LogP contribution < -0.4 is 5.14 Å². The molecule has 7 heteroatoms. The molecule has 1 aliphatic heterocycles. The Balaban J connectivity index is 3.05. The SMILES string of the molecule is C=N/C(=N\C=C(C)C)[C@@H]1OCCC[C@@H]1S(N)(=O)=O. The summed E-state index contributed by atoms with van der Waals surface area (Å²) in [6.07, 6.45) is 1.97. The highest BCUT2D eigenvalue weighted by atomic mass is 32.2. The van der Waals surface area contributed by atoms with E-state index in [0.717, 1.165) is 5.57 Å². The molecule has 1 aliphatic rings. The zero-order valence-corrected chi connectivity index (χ0v) is 11.5. The van der Waals surface area contributed by atoms with E-state index < -0.39 is 21.4 Å². The Morgan fingerprint density at radius 3 is 2.67 bits per heavy atom. The van der Waals surface area contributed by atoms with Gasteiger partial charge in [0.15, 0.2) is 5.84 Å². The number of hydrogen-bond acceptors (Lipinski definition) is 4. The quantitative estimate of drug-likeness (QED) is 0.610. The minimum atomic E-state index is -3.68. The molecule has 0 bridgehead atoms. The average molecular weight is 273 g/mol. The second-order valence-electron chi connectivity index (χ2n) is 4.41. The topological polar surface area (TPSA) is 94.1 Å². The average Bonchev–Trinajstić information content (AvgIpc) is 2.29. The van der Waals surface area contributed by atoms with Gasteiger partial charge in [0.2, 0.25) is 10.0 Å². The lowest BCUT2D eigenvalue weighted by atomic mass is 10.1. The first kappa shape index (κ1) is 15.0. The van der Waals surface area contributed by atoms with Crippen LogP contribution in [0, 0.1) is 0 Å². The first-order chi connectivity index (χ1) is 8.36. The minimum absolute atomic E-state index is 0.259. The van der Waals surface area contributed by atoms with Crippen LogP contribution in [0.15, 0.2) is 21.8 Å². The third-order valence-corrected chi connectivity index (χ3v) is 3.89. The van der Waals surface area contributed by atoms with Crippen LogP contribution in [0.2, 0.25) is 0 Å². The van der Waals surface area contributed by atoms with E-state index in [0.29, 0.717) is 19.4 Å². The predicted octanol–water partition coefficient (Wildman–Crippen LogP) is 0.845. The summed E-state index contributed by atoms with van der Waals surface area (Å²) in [5.74, 6) is 0.259. The molecule has 0 aromatic carbocycles. The maximum atomic E-state index is 11.5. The number of hydrogen-bond donors (Lipinski definition) is 1. The molecule has 0 radical (unpaired) electrons. The Labute approximate surface area is 108 Å². The summed E-state index contributed by atoms with van der Waals surface area (Å²) < 4.78 is 28.5. The third kappa shape index (κ3) is 4.01. The summed E-state index contributed by atoms with van der Waals surface area (Å²) in [6, 6.07) is 0. The monoisotopic (exact) mass is 273 g/mol. The Kier molecular flexibility index (Phi) is 5.18. The first-order valence-electron chi connectivity index (χ1n) is 5.67. The van der Waals surface area contributed by atoms with Crippen molar-refractivity contribution in [3.8, 4) is 0 Å². The van der Waals surface area contributed by atoms with Crippen molar-refractivity contribution in [3.05, 3.63) is 11.8 Å². The van der Waals surface area contributed by atoms with Gasteiger partial charge in [0.25, 0.3) is 0 Å². The molecule has 0 aromatic rings. The second-order valence-corrected chi connectivity index (χ2v) is 6.20. The van der Waals surface area contributed by atoms with Crippen LogP contribution in [0.4, 0.5) is 0 Å². The number of amidine groups is 1. The van der Waals surface area contributed by atoms with Gasteiger partial charge in [0, 0.05) is 12.8 Å². The fourth-order valence-corrected chi connectivity index (χ4v) is 2.77. The zero-order valence-electron chi connectivity index (χ0n) is 10.7. The van der Waals surface area contributed by atoms with Crippen molar-refractivity contribution in [3.63, 3.8) is 0 Å². The van der Waals surface area contributed by atoms with Crippen LogP contribution in [-0.4, -0.2) is 38.9 Å². The standard InChI is InChI=1S/C11H19N3O3S/c1-8(2)7-14-11(13-3)10-9(18(12,15)16)5-4-6-17-10/h7,9-10H,3-6H2,1-2H3,(H2,12,15,16)/b14-11-/t9-,10+/m0/s1. The van der Waals surface area contributed by atoms with Gasteiger partial charge >= 0.3 is 0 Å². The number of ether oxygens (including phenoxy) is 1. The molecule has 0 saturated carbocycles. The van der Waals surface area contributed by atoms with E-state index >= 15 is 0 Å². The van der Waals surface area contributed by atoms with Gasteiger partial charge in [0.05, 0.1) is 0 Å². The number of primary sulfonamides is 1. The maximum Gasteiger partial charge on any atom is 0.215 e. The van der Waals surface area contributed by atoms with Crippen LogP contribution in [0.25, 0.3) is 0 Å². The third-order valence-electron chi connectivity index (χ3n) is 2.56. The highest BCUT2D eigenvalue weighted by Crippen LogP contribution is 2.21. The molecule has 18 heavy (non-hydrogen) atoms. The molecule has 1 fully saturated rings. The van der Waals surface area contributed by atoms with E-state index in [1.807, 2.05) is 13.8 Å². The number of nitrogens with zero attached hydrogens (tertiary/aromatic N) is 2. The largest absolute Gasteiger partial charge is 0.369 e. The van der Waals surface area contributed by atoms with Crippen molar-refractivity contribution in [2.75, 3.05) is 6.61 Å². The molecule has 0 amide bonds. The Bertz CT molecular complexity index is 464. The highest BCUT2D eigenvalue weighted by Gasteiger charge is 2.37. The van der Waals surface area contributed by atoms with Crippen molar-refractivity contribution in [1.29, 1.82) is 0 Å². The molecule has 2 atom stereocenters. The molecule has 1 heterocycles. The molecule has 102 valence electrons. The maximum absolute atomic E-state index is 11.5. The summed E-state index contributed by atoms with van der Waals surface area (Å²) in [5.41, 5.74) is 0.971. The summed E-state index contributed by atoms with van der Waals surface area (Å²) >= 11 is 0. The fourth-order valence-electron chi connectivity index (χ4n) is 1.73. The smallest absolute Gasteiger partial charge is 0.215 e. The van der Waals surface area contributed by atoms with E-state index in [2.05, 4.69) is 16.7 Å². The molecule has 2 N–H and O–H groups in total. The van der Waals surface area contributed by atoms with Crippen LogP contribution in [0.1, 0.15) is 26.7 Å². The number of sulfonamides is 1. The van der Waals surface area contributed by atoms with Gasteiger partial charge in [-0.25, -0.2) is 23.5 Å². The number of rotatable bonds is 3. The van der Waals surface area contributed by atoms with Gasteiger partial charge in [-0.2, -0.15) is 0 Å². The van der Waals surface area contributed by atoms with Gasteiger partial charge < -0.3 is 4.74 Å². The lowest BCUT2D eigenvalue weighted by Crippen LogP contribution is -2.47. The summed E-state index contributed by atoms with van der Waals surface area (Å²) in [6.45, 7) is 7.63. The zero-order chi connectivity index (χ0) is 13.8. The highest BCUT2D eigenvalue weighted by molar-refractivity contribution is 7.89. The van der Waals surface area contributed by atoms with Crippen LogP contribution in [-0.2, 0) is 14.8 Å². The molecule has 0 aliphatic carbocycles. The first-order valence-corrected chi connectivity index (χ1v) is 7.28. The molecule has 1 saturated heterocycles. The van der Waals surface area contributed by atoms with E-state index in [9.17, 15) is 8.42 Å². The number of aliphatic imine (C=N–C) groups is 2. The van der Waals surface area contributed by atoms with Crippen molar-refractivity contribution in [1.82, 2.24) is 0 Å². The number of allylic oxidation sites excluding steroid dienone is 1. The lowest BCUT2D eigenvalue weighted by Gasteiger charge is -2.29. The van der Waals surface area contributed by atoms with Gasteiger partial charge in [-0.15, -0.1) is 0 Å². The molecular formula is C11H19N3O3S. The lowest BCUT2D eigenvalue weighted by molar-refractivity contribution is 0.0607. The number of nitrogens with two attached hydrogens (primary N) is 1. The summed E-state index contributed by atoms with van der Waals surface area (Å²) in [5, 5.41) is 4.40. The summed E-state index contributed by atoms with van der Waals surface area (Å²) in [7, 11) is -3.68. The van der Waals surface area contributed by atoms with Crippen molar-refractivity contribution in [2.45, 2.75) is 38.0 Å². The fraction of sp³-hybridized carbons (Fsp3) is 0.636. The van der Waals surface area contributed by atoms with Crippen LogP contribution >= 0.6 is 0 Å². The van der Waals surface area contributed by atoms with E-state index in [4.69, 9.17) is 9.88 Å². The molecule has 1 rings (SSSR count). The van der Waals surface area contributed by atoms with Gasteiger partial charge in [0.1, 0.15) is 11.4 Å². The van der Waals surface area contributed by atoms with E-state index in [-0.39, 0.29) is 5.84 Å². The van der Waals surface area contributed by atoms with Gasteiger partial charge in [-0.05, 0) is 33.4 Å². The van der Waals surface area contributed by atoms with E-state index in [1.165, 1.54) is 0 Å². The molecule has 6 nitrogen and oxygen atoms in total. The molecule has 0 spiro atoms. The minimum Gasteiger partial charge on any atom is -0.369 e. The summed E-state index contributed by atoms with van der Waals surface area (Å²) in [4.78, 5) is 7.87. The Hall–Kier alpha value is -1.05. The van der Waals surface area contributed by atoms with Gasteiger partial charge in [-0.3, -0.25) is 0 Å². The van der Waals surface area contributed by atoms with Crippen LogP contribution in [0.5, 0.6) is 0 Å². The Morgan fingerprint density at radius 2 is 2.17 bits per heavy atom. The molecular weight excluding hydrogens is 254 g/mol. The Morgan fingerprint density at radius 1 is 1.50 bits per heavy atom. The molecule has 0 unspecified atom stereocenters. The van der Waals surface area contributed by atoms with Crippen molar-refractivity contribution in [2.24, 2.45) is 15.1 Å². The van der Waals surface area contributed by atoms with Gasteiger partial charge in [-0.1, -0.05) is 5.57 Å². The van der Waals surface area contributed by atoms with Crippen molar-refractivity contribution >= 4 is 22.6 Å². The van der Waals surface area contributed by atoms with E-state index in [1.54, 1.807) is 6.20 Å². The van der Waals surface area contributed by atoms with Crippen LogP contribution in [0.3, 0.4) is 0 Å². The predicted molar refractivity (Wildman–Crippen MR) is 72.3 cm³/mol.